The number of hydrogen-bond acceptors (Lipinski definition) is 5. The fourth-order valence-electron chi connectivity index (χ4n) is 2.93. The topological polar surface area (TPSA) is 51.6 Å². The van der Waals surface area contributed by atoms with E-state index in [4.69, 9.17) is 9.97 Å². The van der Waals surface area contributed by atoms with Crippen LogP contribution in [0.2, 0.25) is 0 Å². The predicted molar refractivity (Wildman–Crippen MR) is 101 cm³/mol. The summed E-state index contributed by atoms with van der Waals surface area (Å²) in [7, 11) is 0. The van der Waals surface area contributed by atoms with Gasteiger partial charge in [-0.3, -0.25) is 0 Å². The number of nitrogens with zero attached hydrogens (tertiary/aromatic N) is 4. The normalized spacial score (nSPS) is 11.2. The van der Waals surface area contributed by atoms with Crippen molar-refractivity contribution in [2.24, 2.45) is 0 Å². The van der Waals surface area contributed by atoms with Gasteiger partial charge in [-0.15, -0.1) is 0 Å². The number of hydrogen-bond donors (Lipinski definition) is 0. The van der Waals surface area contributed by atoms with E-state index in [2.05, 4.69) is 33.0 Å². The first-order chi connectivity index (χ1) is 12.4. The lowest BCUT2D eigenvalue weighted by Gasteiger charge is -2.10. The van der Waals surface area contributed by atoms with Crippen LogP contribution in [0.4, 0.5) is 0 Å². The molecule has 0 spiro atoms. The van der Waals surface area contributed by atoms with E-state index in [0.29, 0.717) is 0 Å². The highest BCUT2D eigenvalue weighted by molar-refractivity contribution is 7.00. The van der Waals surface area contributed by atoms with Crippen molar-refractivity contribution in [3.63, 3.8) is 0 Å². The van der Waals surface area contributed by atoms with Crippen molar-refractivity contribution >= 4 is 33.8 Å². The average molecular weight is 340 g/mol. The maximum Gasteiger partial charge on any atom is 0.107 e. The summed E-state index contributed by atoms with van der Waals surface area (Å²) >= 11 is 1.21. The van der Waals surface area contributed by atoms with Crippen molar-refractivity contribution in [1.82, 2.24) is 18.7 Å². The molecule has 0 amide bonds. The molecule has 0 aliphatic heterocycles. The lowest BCUT2D eigenvalue weighted by atomic mass is 10.0. The number of fused-ring (bicyclic) bond motifs is 2. The summed E-state index contributed by atoms with van der Waals surface area (Å²) in [6.45, 7) is 0. The van der Waals surface area contributed by atoms with Crippen LogP contribution in [0.25, 0.3) is 44.6 Å². The SMILES string of the molecule is c1ccc(-c2nc3cc4nsnc4cc3nc2-c2ccccc2)cc1. The molecule has 25 heavy (non-hydrogen) atoms. The smallest absolute Gasteiger partial charge is 0.107 e. The Balaban J connectivity index is 1.86. The molecule has 0 unspecified atom stereocenters. The molecule has 0 N–H and O–H groups in total. The van der Waals surface area contributed by atoms with Gasteiger partial charge in [-0.05, 0) is 12.1 Å². The highest BCUT2D eigenvalue weighted by Crippen LogP contribution is 2.31. The molecule has 0 radical (unpaired) electrons. The van der Waals surface area contributed by atoms with Crippen LogP contribution < -0.4 is 0 Å². The van der Waals surface area contributed by atoms with Gasteiger partial charge in [0.05, 0.1) is 34.1 Å². The molecule has 5 aromatic rings. The first kappa shape index (κ1) is 14.2. The Bertz CT molecular complexity index is 1090. The van der Waals surface area contributed by atoms with E-state index in [-0.39, 0.29) is 0 Å². The van der Waals surface area contributed by atoms with E-state index >= 15 is 0 Å². The van der Waals surface area contributed by atoms with Gasteiger partial charge < -0.3 is 0 Å². The van der Waals surface area contributed by atoms with E-state index in [9.17, 15) is 0 Å². The molecule has 4 nitrogen and oxygen atoms in total. The Kier molecular flexibility index (Phi) is 3.24. The molecule has 0 aliphatic rings. The molecular weight excluding hydrogens is 328 g/mol. The lowest BCUT2D eigenvalue weighted by molar-refractivity contribution is 1.29. The molecule has 2 aromatic heterocycles. The summed E-state index contributed by atoms with van der Waals surface area (Å²) in [5.41, 5.74) is 7.23. The predicted octanol–water partition coefficient (Wildman–Crippen LogP) is 4.97. The maximum atomic E-state index is 4.93. The molecule has 3 aromatic carbocycles. The zero-order chi connectivity index (χ0) is 16.6. The Morgan fingerprint density at radius 3 is 1.40 bits per heavy atom. The Labute approximate surface area is 148 Å². The molecule has 0 bridgehead atoms. The third-order valence-electron chi connectivity index (χ3n) is 4.13. The van der Waals surface area contributed by atoms with E-state index in [0.717, 1.165) is 44.6 Å². The molecule has 0 aliphatic carbocycles. The molecular formula is C20H12N4S. The lowest BCUT2D eigenvalue weighted by Crippen LogP contribution is -1.95. The summed E-state index contributed by atoms with van der Waals surface area (Å²) < 4.78 is 8.63. The molecule has 0 fully saturated rings. The second-order valence-corrected chi connectivity index (χ2v) is 6.28. The van der Waals surface area contributed by atoms with E-state index < -0.39 is 0 Å². The standard InChI is InChI=1S/C20H12N4S/c1-3-7-13(8-4-1)19-20(14-9-5-2-6-10-14)22-16-12-18-17(23-25-24-18)11-15(16)21-19/h1-12H. The van der Waals surface area contributed by atoms with Crippen LogP contribution >= 0.6 is 11.7 Å². The monoisotopic (exact) mass is 340 g/mol. The van der Waals surface area contributed by atoms with E-state index in [1.54, 1.807) is 0 Å². The summed E-state index contributed by atoms with van der Waals surface area (Å²) in [5.74, 6) is 0. The molecule has 0 saturated heterocycles. The third kappa shape index (κ3) is 2.45. The highest BCUT2D eigenvalue weighted by Gasteiger charge is 2.14. The Morgan fingerprint density at radius 2 is 0.960 bits per heavy atom. The molecule has 0 saturated carbocycles. The van der Waals surface area contributed by atoms with Crippen LogP contribution in [0.1, 0.15) is 0 Å². The van der Waals surface area contributed by atoms with Gasteiger partial charge in [-0.1, -0.05) is 60.7 Å². The minimum absolute atomic E-state index is 0.832. The van der Waals surface area contributed by atoms with Crippen molar-refractivity contribution in [3.8, 4) is 22.5 Å². The van der Waals surface area contributed by atoms with Gasteiger partial charge in [-0.25, -0.2) is 9.97 Å². The van der Waals surface area contributed by atoms with Crippen molar-refractivity contribution in [2.75, 3.05) is 0 Å². The van der Waals surface area contributed by atoms with Gasteiger partial charge in [0.1, 0.15) is 11.0 Å². The van der Waals surface area contributed by atoms with Crippen molar-refractivity contribution < 1.29 is 0 Å². The molecule has 118 valence electrons. The molecule has 0 atom stereocenters. The average Bonchev–Trinajstić information content (AvgIpc) is 3.14. The van der Waals surface area contributed by atoms with Crippen LogP contribution in [0.15, 0.2) is 72.8 Å². The quantitative estimate of drug-likeness (QED) is 0.455. The van der Waals surface area contributed by atoms with E-state index in [1.807, 2.05) is 48.5 Å². The van der Waals surface area contributed by atoms with Crippen LogP contribution in [-0.2, 0) is 0 Å². The van der Waals surface area contributed by atoms with Gasteiger partial charge >= 0.3 is 0 Å². The third-order valence-corrected chi connectivity index (χ3v) is 4.69. The van der Waals surface area contributed by atoms with E-state index in [1.165, 1.54) is 11.7 Å². The van der Waals surface area contributed by atoms with Gasteiger partial charge in [0.2, 0.25) is 0 Å². The first-order valence-corrected chi connectivity index (χ1v) is 8.66. The largest absolute Gasteiger partial charge is 0.244 e. The maximum absolute atomic E-state index is 4.93. The van der Waals surface area contributed by atoms with Gasteiger partial charge in [0.25, 0.3) is 0 Å². The number of benzene rings is 3. The minimum Gasteiger partial charge on any atom is -0.244 e. The Morgan fingerprint density at radius 1 is 0.520 bits per heavy atom. The minimum atomic E-state index is 0.832. The first-order valence-electron chi connectivity index (χ1n) is 7.93. The van der Waals surface area contributed by atoms with Crippen LogP contribution in [-0.4, -0.2) is 18.7 Å². The van der Waals surface area contributed by atoms with Crippen molar-refractivity contribution in [2.45, 2.75) is 0 Å². The summed E-state index contributed by atoms with van der Waals surface area (Å²) in [5, 5.41) is 0. The second kappa shape index (κ2) is 5.72. The van der Waals surface area contributed by atoms with Gasteiger partial charge in [-0.2, -0.15) is 8.75 Å². The second-order valence-electron chi connectivity index (χ2n) is 5.75. The summed E-state index contributed by atoms with van der Waals surface area (Å²) in [6.07, 6.45) is 0. The molecule has 5 rings (SSSR count). The fourth-order valence-corrected chi connectivity index (χ4v) is 3.44. The Hall–Kier alpha value is -3.18. The van der Waals surface area contributed by atoms with Crippen LogP contribution in [0.3, 0.4) is 0 Å². The molecule has 5 heteroatoms. The van der Waals surface area contributed by atoms with Gasteiger partial charge in [0.15, 0.2) is 0 Å². The zero-order valence-corrected chi connectivity index (χ0v) is 13.9. The van der Waals surface area contributed by atoms with Gasteiger partial charge in [0, 0.05) is 11.1 Å². The van der Waals surface area contributed by atoms with Crippen molar-refractivity contribution in [1.29, 1.82) is 0 Å². The zero-order valence-electron chi connectivity index (χ0n) is 13.1. The summed E-state index contributed by atoms with van der Waals surface area (Å²) in [6, 6.07) is 24.2. The van der Waals surface area contributed by atoms with Crippen LogP contribution in [0.5, 0.6) is 0 Å². The van der Waals surface area contributed by atoms with Crippen molar-refractivity contribution in [3.05, 3.63) is 72.8 Å². The summed E-state index contributed by atoms with van der Waals surface area (Å²) in [4.78, 5) is 9.85. The number of rotatable bonds is 2. The fraction of sp³-hybridized carbons (Fsp3) is 0. The highest BCUT2D eigenvalue weighted by atomic mass is 32.1. The number of aromatic nitrogens is 4. The molecule has 2 heterocycles. The van der Waals surface area contributed by atoms with Crippen LogP contribution in [0, 0.1) is 0 Å².